The molecular formula is C31H32O. The largest absolute Gasteiger partial charge is 0.490 e. The SMILES string of the molecule is C1=c2ccc3c(c2=CCC1C(Oc1ccccc1)C1CCCCC1)CCc1ccccc1-3. The van der Waals surface area contributed by atoms with Crippen LogP contribution in [0.4, 0.5) is 0 Å². The summed E-state index contributed by atoms with van der Waals surface area (Å²) >= 11 is 0. The number of hydrogen-bond donors (Lipinski definition) is 0. The first kappa shape index (κ1) is 19.9. The van der Waals surface area contributed by atoms with Gasteiger partial charge in [0.25, 0.3) is 0 Å². The fourth-order valence-corrected chi connectivity index (χ4v) is 6.29. The average molecular weight is 421 g/mol. The van der Waals surface area contributed by atoms with Gasteiger partial charge in [-0.2, -0.15) is 0 Å². The minimum Gasteiger partial charge on any atom is -0.490 e. The minimum absolute atomic E-state index is 0.263. The van der Waals surface area contributed by atoms with Gasteiger partial charge in [-0.1, -0.05) is 86.0 Å². The Balaban J connectivity index is 1.37. The quantitative estimate of drug-likeness (QED) is 0.498. The third kappa shape index (κ3) is 3.68. The van der Waals surface area contributed by atoms with E-state index in [1.54, 1.807) is 5.56 Å². The summed E-state index contributed by atoms with van der Waals surface area (Å²) in [5, 5.41) is 2.90. The predicted octanol–water partition coefficient (Wildman–Crippen LogP) is 6.06. The Morgan fingerprint density at radius 1 is 0.750 bits per heavy atom. The molecule has 0 spiro atoms. The molecular weight excluding hydrogens is 388 g/mol. The number of benzene rings is 3. The maximum absolute atomic E-state index is 6.72. The van der Waals surface area contributed by atoms with Gasteiger partial charge in [-0.25, -0.2) is 0 Å². The monoisotopic (exact) mass is 420 g/mol. The van der Waals surface area contributed by atoms with Crippen molar-refractivity contribution >= 4 is 12.2 Å². The summed E-state index contributed by atoms with van der Waals surface area (Å²) in [6, 6.07) is 24.1. The van der Waals surface area contributed by atoms with Gasteiger partial charge in [0.2, 0.25) is 0 Å². The average Bonchev–Trinajstić information content (AvgIpc) is 2.87. The molecule has 0 saturated heterocycles. The molecule has 0 N–H and O–H groups in total. The van der Waals surface area contributed by atoms with Crippen LogP contribution in [0, 0.1) is 11.8 Å². The second-order valence-electron chi connectivity index (χ2n) is 9.82. The molecule has 1 fully saturated rings. The molecule has 2 atom stereocenters. The lowest BCUT2D eigenvalue weighted by Gasteiger charge is -2.35. The summed E-state index contributed by atoms with van der Waals surface area (Å²) in [5.74, 6) is 2.12. The number of ether oxygens (including phenoxy) is 1. The second-order valence-corrected chi connectivity index (χ2v) is 9.82. The Hall–Kier alpha value is -2.80. The smallest absolute Gasteiger partial charge is 0.119 e. The molecule has 3 aliphatic carbocycles. The van der Waals surface area contributed by atoms with Crippen LogP contribution in [-0.4, -0.2) is 6.10 Å². The van der Waals surface area contributed by atoms with Gasteiger partial charge in [0.15, 0.2) is 0 Å². The van der Waals surface area contributed by atoms with Crippen molar-refractivity contribution in [2.75, 3.05) is 0 Å². The van der Waals surface area contributed by atoms with Crippen LogP contribution < -0.4 is 15.2 Å². The molecule has 6 rings (SSSR count). The molecule has 0 aromatic heterocycles. The number of para-hydroxylation sites is 1. The maximum Gasteiger partial charge on any atom is 0.119 e. The highest BCUT2D eigenvalue weighted by molar-refractivity contribution is 5.74. The van der Waals surface area contributed by atoms with Crippen LogP contribution in [0.5, 0.6) is 5.75 Å². The summed E-state index contributed by atoms with van der Waals surface area (Å²) in [6.45, 7) is 0. The topological polar surface area (TPSA) is 9.23 Å². The minimum atomic E-state index is 0.263. The van der Waals surface area contributed by atoms with Crippen LogP contribution in [0.15, 0.2) is 66.7 Å². The van der Waals surface area contributed by atoms with Crippen molar-refractivity contribution in [2.24, 2.45) is 11.8 Å². The van der Waals surface area contributed by atoms with E-state index < -0.39 is 0 Å². The Kier molecular flexibility index (Phi) is 5.35. The number of aryl methyl sites for hydroxylation is 1. The first-order chi connectivity index (χ1) is 15.9. The highest BCUT2D eigenvalue weighted by Gasteiger charge is 2.32. The molecule has 0 aliphatic heterocycles. The van der Waals surface area contributed by atoms with E-state index in [0.717, 1.165) is 25.0 Å². The molecule has 0 heterocycles. The van der Waals surface area contributed by atoms with Crippen molar-refractivity contribution in [3.63, 3.8) is 0 Å². The van der Waals surface area contributed by atoms with Crippen molar-refractivity contribution in [3.05, 3.63) is 88.3 Å². The molecule has 1 heteroatoms. The third-order valence-corrected chi connectivity index (χ3v) is 7.88. The summed E-state index contributed by atoms with van der Waals surface area (Å²) in [6.07, 6.45) is 15.4. The van der Waals surface area contributed by atoms with Gasteiger partial charge in [0, 0.05) is 5.92 Å². The molecule has 3 aliphatic rings. The molecule has 0 radical (unpaired) electrons. The van der Waals surface area contributed by atoms with Crippen LogP contribution in [0.1, 0.15) is 49.7 Å². The lowest BCUT2D eigenvalue weighted by atomic mass is 9.77. The van der Waals surface area contributed by atoms with Gasteiger partial charge in [-0.15, -0.1) is 0 Å². The molecule has 0 amide bonds. The van der Waals surface area contributed by atoms with Crippen molar-refractivity contribution in [1.29, 1.82) is 0 Å². The molecule has 3 aromatic carbocycles. The Morgan fingerprint density at radius 3 is 2.44 bits per heavy atom. The van der Waals surface area contributed by atoms with Crippen LogP contribution in [-0.2, 0) is 12.8 Å². The van der Waals surface area contributed by atoms with Crippen molar-refractivity contribution in [2.45, 2.75) is 57.5 Å². The zero-order valence-corrected chi connectivity index (χ0v) is 18.8. The number of rotatable bonds is 4. The van der Waals surface area contributed by atoms with Crippen LogP contribution >= 0.6 is 0 Å². The molecule has 162 valence electrons. The highest BCUT2D eigenvalue weighted by atomic mass is 16.5. The van der Waals surface area contributed by atoms with Gasteiger partial charge in [0.05, 0.1) is 0 Å². The van der Waals surface area contributed by atoms with Crippen molar-refractivity contribution < 1.29 is 4.74 Å². The zero-order chi connectivity index (χ0) is 21.3. The summed E-state index contributed by atoms with van der Waals surface area (Å²) < 4.78 is 6.72. The zero-order valence-electron chi connectivity index (χ0n) is 18.8. The fraction of sp³-hybridized carbons (Fsp3) is 0.355. The lowest BCUT2D eigenvalue weighted by molar-refractivity contribution is 0.0786. The normalized spacial score (nSPS) is 20.7. The van der Waals surface area contributed by atoms with Crippen molar-refractivity contribution in [3.8, 4) is 16.9 Å². The Morgan fingerprint density at radius 2 is 1.56 bits per heavy atom. The third-order valence-electron chi connectivity index (χ3n) is 7.88. The molecule has 1 saturated carbocycles. The number of fused-ring (bicyclic) bond motifs is 5. The van der Waals surface area contributed by atoms with Gasteiger partial charge in [-0.05, 0) is 82.8 Å². The Bertz CT molecular complexity index is 1220. The van der Waals surface area contributed by atoms with E-state index in [-0.39, 0.29) is 6.10 Å². The molecule has 1 nitrogen and oxygen atoms in total. The lowest BCUT2D eigenvalue weighted by Crippen LogP contribution is -2.41. The highest BCUT2D eigenvalue weighted by Crippen LogP contribution is 2.35. The second kappa shape index (κ2) is 8.62. The summed E-state index contributed by atoms with van der Waals surface area (Å²) in [5.41, 5.74) is 5.91. The molecule has 2 unspecified atom stereocenters. The number of hydrogen-bond acceptors (Lipinski definition) is 1. The van der Waals surface area contributed by atoms with Crippen molar-refractivity contribution in [1.82, 2.24) is 0 Å². The standard InChI is InChI=1S/C31H32O/c1-3-10-23(11-4-1)31(32-26-12-5-2-6-13-26)25-17-18-28-24(21-25)16-20-29-27-14-8-7-9-22(27)15-19-30(28)29/h2,5-9,12-14,16,18,20-21,23,25,31H,1,3-4,10-11,15,17,19H2. The van der Waals surface area contributed by atoms with E-state index in [0.29, 0.717) is 11.8 Å². The van der Waals surface area contributed by atoms with Gasteiger partial charge in [0.1, 0.15) is 11.9 Å². The fourth-order valence-electron chi connectivity index (χ4n) is 6.29. The predicted molar refractivity (Wildman–Crippen MR) is 133 cm³/mol. The van der Waals surface area contributed by atoms with E-state index in [4.69, 9.17) is 4.74 Å². The van der Waals surface area contributed by atoms with E-state index in [1.807, 2.05) is 0 Å². The molecule has 32 heavy (non-hydrogen) atoms. The van der Waals surface area contributed by atoms with Crippen LogP contribution in [0.25, 0.3) is 23.3 Å². The maximum atomic E-state index is 6.72. The van der Waals surface area contributed by atoms with Crippen LogP contribution in [0.2, 0.25) is 0 Å². The van der Waals surface area contributed by atoms with E-state index >= 15 is 0 Å². The molecule has 0 bridgehead atoms. The first-order valence-corrected chi connectivity index (χ1v) is 12.5. The van der Waals surface area contributed by atoms with Crippen LogP contribution in [0.3, 0.4) is 0 Å². The summed E-state index contributed by atoms with van der Waals surface area (Å²) in [7, 11) is 0. The van der Waals surface area contributed by atoms with Gasteiger partial charge in [-0.3, -0.25) is 0 Å². The van der Waals surface area contributed by atoms with E-state index in [9.17, 15) is 0 Å². The van der Waals surface area contributed by atoms with E-state index in [2.05, 4.69) is 78.9 Å². The molecule has 3 aromatic rings. The summed E-state index contributed by atoms with van der Waals surface area (Å²) in [4.78, 5) is 0. The first-order valence-electron chi connectivity index (χ1n) is 12.5. The van der Waals surface area contributed by atoms with Gasteiger partial charge >= 0.3 is 0 Å². The van der Waals surface area contributed by atoms with Gasteiger partial charge < -0.3 is 4.74 Å². The van der Waals surface area contributed by atoms with E-state index in [1.165, 1.54) is 59.2 Å². The Labute approximate surface area is 191 Å².